The van der Waals surface area contributed by atoms with Gasteiger partial charge in [-0.2, -0.15) is 4.31 Å². The standard InChI is InChI=1S/C14H12N2O4S/c17-14(18)10-5-6-13(15-7-10)21(19,20)16-8-11-3-1-2-4-12(11)9-16/h1-7H,8-9H2,(H,17,18). The van der Waals surface area contributed by atoms with Crippen molar-refractivity contribution in [3.05, 3.63) is 59.3 Å². The van der Waals surface area contributed by atoms with Gasteiger partial charge in [0, 0.05) is 19.3 Å². The molecule has 1 aromatic heterocycles. The van der Waals surface area contributed by atoms with Gasteiger partial charge in [-0.1, -0.05) is 24.3 Å². The maximum atomic E-state index is 12.5. The number of nitrogens with zero attached hydrogens (tertiary/aromatic N) is 2. The minimum Gasteiger partial charge on any atom is -0.478 e. The van der Waals surface area contributed by atoms with E-state index in [1.165, 1.54) is 16.4 Å². The lowest BCUT2D eigenvalue weighted by atomic mass is 10.1. The van der Waals surface area contributed by atoms with E-state index < -0.39 is 16.0 Å². The van der Waals surface area contributed by atoms with E-state index in [2.05, 4.69) is 4.98 Å². The second kappa shape index (κ2) is 4.94. The molecule has 0 aliphatic carbocycles. The molecular weight excluding hydrogens is 292 g/mol. The predicted octanol–water partition coefficient (Wildman–Crippen LogP) is 1.48. The molecule has 0 fully saturated rings. The van der Waals surface area contributed by atoms with Crippen molar-refractivity contribution >= 4 is 16.0 Å². The number of carboxylic acid groups (broad SMARTS) is 1. The van der Waals surface area contributed by atoms with Gasteiger partial charge in [-0.3, -0.25) is 0 Å². The van der Waals surface area contributed by atoms with Gasteiger partial charge in [0.1, 0.15) is 0 Å². The zero-order chi connectivity index (χ0) is 15.0. The van der Waals surface area contributed by atoms with Gasteiger partial charge in [0.25, 0.3) is 10.0 Å². The number of hydrogen-bond donors (Lipinski definition) is 1. The first-order valence-electron chi connectivity index (χ1n) is 6.25. The zero-order valence-electron chi connectivity index (χ0n) is 10.9. The van der Waals surface area contributed by atoms with E-state index in [0.29, 0.717) is 13.1 Å². The van der Waals surface area contributed by atoms with Crippen molar-refractivity contribution in [2.75, 3.05) is 0 Å². The number of benzene rings is 1. The Bertz CT molecular complexity index is 775. The fraction of sp³-hybridized carbons (Fsp3) is 0.143. The van der Waals surface area contributed by atoms with Crippen LogP contribution in [0.4, 0.5) is 0 Å². The Kier molecular flexibility index (Phi) is 3.23. The van der Waals surface area contributed by atoms with Crippen molar-refractivity contribution < 1.29 is 18.3 Å². The summed E-state index contributed by atoms with van der Waals surface area (Å²) in [6, 6.07) is 9.99. The molecule has 0 amide bonds. The van der Waals surface area contributed by atoms with Crippen LogP contribution in [0.2, 0.25) is 0 Å². The molecule has 0 atom stereocenters. The van der Waals surface area contributed by atoms with Crippen molar-refractivity contribution in [2.24, 2.45) is 0 Å². The molecule has 3 rings (SSSR count). The quantitative estimate of drug-likeness (QED) is 0.928. The van der Waals surface area contributed by atoms with Gasteiger partial charge in [0.05, 0.1) is 5.56 Å². The number of pyridine rings is 1. The number of hydrogen-bond acceptors (Lipinski definition) is 4. The molecular formula is C14H12N2O4S. The highest BCUT2D eigenvalue weighted by atomic mass is 32.2. The van der Waals surface area contributed by atoms with E-state index in [-0.39, 0.29) is 10.6 Å². The second-order valence-corrected chi connectivity index (χ2v) is 6.62. The topological polar surface area (TPSA) is 87.6 Å². The number of rotatable bonds is 3. The SMILES string of the molecule is O=C(O)c1ccc(S(=O)(=O)N2Cc3ccccc3C2)nc1. The van der Waals surface area contributed by atoms with Crippen LogP contribution in [0.1, 0.15) is 21.5 Å². The summed E-state index contributed by atoms with van der Waals surface area (Å²) in [5.41, 5.74) is 1.91. The lowest BCUT2D eigenvalue weighted by Crippen LogP contribution is -2.26. The van der Waals surface area contributed by atoms with E-state index in [9.17, 15) is 13.2 Å². The highest BCUT2D eigenvalue weighted by molar-refractivity contribution is 7.89. The zero-order valence-corrected chi connectivity index (χ0v) is 11.7. The van der Waals surface area contributed by atoms with Gasteiger partial charge in [-0.25, -0.2) is 18.2 Å². The van der Waals surface area contributed by atoms with Gasteiger partial charge in [0.2, 0.25) is 0 Å². The third-order valence-corrected chi connectivity index (χ3v) is 5.11. The Labute approximate surface area is 121 Å². The third kappa shape index (κ3) is 2.41. The molecule has 21 heavy (non-hydrogen) atoms. The molecule has 0 saturated carbocycles. The van der Waals surface area contributed by atoms with Crippen molar-refractivity contribution in [3.8, 4) is 0 Å². The lowest BCUT2D eigenvalue weighted by Gasteiger charge is -2.14. The van der Waals surface area contributed by atoms with Crippen LogP contribution in [0.25, 0.3) is 0 Å². The normalized spacial score (nSPS) is 14.9. The number of aromatic nitrogens is 1. The number of aromatic carboxylic acids is 1. The molecule has 0 saturated heterocycles. The number of sulfonamides is 1. The highest BCUT2D eigenvalue weighted by Crippen LogP contribution is 2.27. The van der Waals surface area contributed by atoms with Crippen LogP contribution in [-0.2, 0) is 23.1 Å². The third-order valence-electron chi connectivity index (χ3n) is 3.40. The fourth-order valence-corrected chi connectivity index (χ4v) is 3.57. The van der Waals surface area contributed by atoms with Crippen LogP contribution >= 0.6 is 0 Å². The maximum absolute atomic E-state index is 12.5. The Balaban J connectivity index is 1.90. The smallest absolute Gasteiger partial charge is 0.337 e. The number of carboxylic acids is 1. The van der Waals surface area contributed by atoms with Crippen LogP contribution in [0, 0.1) is 0 Å². The lowest BCUT2D eigenvalue weighted by molar-refractivity contribution is 0.0696. The summed E-state index contributed by atoms with van der Waals surface area (Å²) in [6.07, 6.45) is 1.05. The summed E-state index contributed by atoms with van der Waals surface area (Å²) in [4.78, 5) is 14.5. The molecule has 2 aromatic rings. The molecule has 6 nitrogen and oxygen atoms in total. The minimum atomic E-state index is -3.72. The fourth-order valence-electron chi connectivity index (χ4n) is 2.26. The molecule has 1 aromatic carbocycles. The van der Waals surface area contributed by atoms with Crippen molar-refractivity contribution in [2.45, 2.75) is 18.1 Å². The Hall–Kier alpha value is -2.25. The first-order chi connectivity index (χ1) is 9.98. The monoisotopic (exact) mass is 304 g/mol. The van der Waals surface area contributed by atoms with Gasteiger partial charge >= 0.3 is 5.97 Å². The summed E-state index contributed by atoms with van der Waals surface area (Å²) in [5, 5.41) is 8.67. The van der Waals surface area contributed by atoms with Crippen molar-refractivity contribution in [1.29, 1.82) is 0 Å². The predicted molar refractivity (Wildman–Crippen MR) is 74.1 cm³/mol. The summed E-state index contributed by atoms with van der Waals surface area (Å²) in [5.74, 6) is -1.14. The van der Waals surface area contributed by atoms with Gasteiger partial charge < -0.3 is 5.11 Å². The molecule has 0 unspecified atom stereocenters. The average molecular weight is 304 g/mol. The summed E-state index contributed by atoms with van der Waals surface area (Å²) in [6.45, 7) is 0.613. The molecule has 1 aliphatic heterocycles. The van der Waals surface area contributed by atoms with Crippen LogP contribution in [0.15, 0.2) is 47.6 Å². The Morgan fingerprint density at radius 1 is 1.10 bits per heavy atom. The molecule has 108 valence electrons. The van der Waals surface area contributed by atoms with E-state index >= 15 is 0 Å². The Morgan fingerprint density at radius 3 is 2.19 bits per heavy atom. The first-order valence-corrected chi connectivity index (χ1v) is 7.69. The molecule has 2 heterocycles. The first kappa shape index (κ1) is 13.7. The average Bonchev–Trinajstić information content (AvgIpc) is 2.92. The molecule has 0 spiro atoms. The van der Waals surface area contributed by atoms with E-state index in [4.69, 9.17) is 5.11 Å². The maximum Gasteiger partial charge on any atom is 0.337 e. The number of carbonyl (C=O) groups is 1. The van der Waals surface area contributed by atoms with Crippen molar-refractivity contribution in [3.63, 3.8) is 0 Å². The molecule has 1 N–H and O–H groups in total. The van der Waals surface area contributed by atoms with E-state index in [1.54, 1.807) is 0 Å². The van der Waals surface area contributed by atoms with Crippen LogP contribution in [-0.4, -0.2) is 28.8 Å². The largest absolute Gasteiger partial charge is 0.478 e. The summed E-state index contributed by atoms with van der Waals surface area (Å²) >= 11 is 0. The van der Waals surface area contributed by atoms with E-state index in [1.807, 2.05) is 24.3 Å². The van der Waals surface area contributed by atoms with Crippen LogP contribution < -0.4 is 0 Å². The van der Waals surface area contributed by atoms with E-state index in [0.717, 1.165) is 17.3 Å². The van der Waals surface area contributed by atoms with Gasteiger partial charge in [-0.05, 0) is 23.3 Å². The van der Waals surface area contributed by atoms with Gasteiger partial charge in [0.15, 0.2) is 5.03 Å². The molecule has 0 radical (unpaired) electrons. The molecule has 1 aliphatic rings. The number of fused-ring (bicyclic) bond motifs is 1. The Morgan fingerprint density at radius 2 is 1.71 bits per heavy atom. The van der Waals surface area contributed by atoms with Crippen LogP contribution in [0.3, 0.4) is 0 Å². The molecule has 0 bridgehead atoms. The van der Waals surface area contributed by atoms with Crippen molar-refractivity contribution in [1.82, 2.24) is 9.29 Å². The minimum absolute atomic E-state index is 0.0429. The summed E-state index contributed by atoms with van der Waals surface area (Å²) < 4.78 is 26.3. The highest BCUT2D eigenvalue weighted by Gasteiger charge is 2.31. The van der Waals surface area contributed by atoms with Crippen LogP contribution in [0.5, 0.6) is 0 Å². The second-order valence-electron chi connectivity index (χ2n) is 4.73. The van der Waals surface area contributed by atoms with Gasteiger partial charge in [-0.15, -0.1) is 0 Å². The molecule has 7 heteroatoms. The summed E-state index contributed by atoms with van der Waals surface area (Å²) in [7, 11) is -3.72.